The molecular weight excluding hydrogens is 190 g/mol. The minimum Gasteiger partial charge on any atom is -0.396 e. The van der Waals surface area contributed by atoms with Gasteiger partial charge >= 0.3 is 0 Å². The average Bonchev–Trinajstić information content (AvgIpc) is 2.63. The van der Waals surface area contributed by atoms with E-state index >= 15 is 0 Å². The molecule has 1 saturated heterocycles. The number of rotatable bonds is 3. The van der Waals surface area contributed by atoms with Crippen molar-refractivity contribution in [1.29, 1.82) is 0 Å². The second-order valence-electron chi connectivity index (χ2n) is 4.16. The Morgan fingerprint density at radius 1 is 1.60 bits per heavy atom. The summed E-state index contributed by atoms with van der Waals surface area (Å²) in [5, 5.41) is 16.9. The lowest BCUT2D eigenvalue weighted by molar-refractivity contribution is 0.296. The summed E-state index contributed by atoms with van der Waals surface area (Å²) in [6.45, 7) is 1.29. The molecular formula is C11H19N3O. The van der Waals surface area contributed by atoms with E-state index in [0.29, 0.717) is 12.5 Å². The summed E-state index contributed by atoms with van der Waals surface area (Å²) in [7, 11) is 1.94. The average molecular weight is 209 g/mol. The van der Waals surface area contributed by atoms with Gasteiger partial charge in [0, 0.05) is 25.8 Å². The van der Waals surface area contributed by atoms with Crippen molar-refractivity contribution in [2.45, 2.75) is 31.7 Å². The molecule has 2 heterocycles. The molecule has 2 rings (SSSR count). The zero-order valence-electron chi connectivity index (χ0n) is 9.24. The van der Waals surface area contributed by atoms with Gasteiger partial charge in [0.25, 0.3) is 0 Å². The normalized spacial score (nSPS) is 21.9. The van der Waals surface area contributed by atoms with Crippen LogP contribution >= 0.6 is 0 Å². The predicted molar refractivity (Wildman–Crippen MR) is 58.6 cm³/mol. The maximum absolute atomic E-state index is 8.91. The van der Waals surface area contributed by atoms with Crippen molar-refractivity contribution in [3.8, 4) is 0 Å². The van der Waals surface area contributed by atoms with Crippen molar-refractivity contribution in [2.24, 2.45) is 7.05 Å². The highest BCUT2D eigenvalue weighted by Crippen LogP contribution is 2.22. The fraction of sp³-hybridized carbons (Fsp3) is 0.727. The molecule has 0 saturated carbocycles. The van der Waals surface area contributed by atoms with Crippen LogP contribution in [-0.4, -0.2) is 28.0 Å². The highest BCUT2D eigenvalue weighted by atomic mass is 16.3. The number of hydrogen-bond acceptors (Lipinski definition) is 3. The molecule has 0 radical (unpaired) electrons. The zero-order valence-corrected chi connectivity index (χ0v) is 9.24. The van der Waals surface area contributed by atoms with Crippen LogP contribution in [0.15, 0.2) is 6.07 Å². The number of aliphatic hydroxyl groups is 1. The third-order valence-electron chi connectivity index (χ3n) is 3.03. The standard InChI is InChI=1S/C11H19N3O/c1-14-9(5-7-15)8-11(13-14)10-4-2-3-6-12-10/h8,10,12,15H,2-7H2,1H3/t10-/m1/s1. The van der Waals surface area contributed by atoms with Crippen molar-refractivity contribution in [3.63, 3.8) is 0 Å². The summed E-state index contributed by atoms with van der Waals surface area (Å²) in [6, 6.07) is 2.52. The molecule has 0 unspecified atom stereocenters. The lowest BCUT2D eigenvalue weighted by atomic mass is 10.0. The van der Waals surface area contributed by atoms with Crippen LogP contribution in [0.4, 0.5) is 0 Å². The molecule has 84 valence electrons. The van der Waals surface area contributed by atoms with Crippen LogP contribution in [0.1, 0.15) is 36.7 Å². The lowest BCUT2D eigenvalue weighted by Crippen LogP contribution is -2.27. The fourth-order valence-electron chi connectivity index (χ4n) is 2.15. The molecule has 15 heavy (non-hydrogen) atoms. The number of nitrogens with one attached hydrogen (secondary N) is 1. The number of aliphatic hydroxyl groups excluding tert-OH is 1. The first-order chi connectivity index (χ1) is 7.31. The number of nitrogens with zero attached hydrogens (tertiary/aromatic N) is 2. The molecule has 0 aliphatic carbocycles. The van der Waals surface area contributed by atoms with Crippen molar-refractivity contribution in [3.05, 3.63) is 17.5 Å². The third-order valence-corrected chi connectivity index (χ3v) is 3.03. The monoisotopic (exact) mass is 209 g/mol. The lowest BCUT2D eigenvalue weighted by Gasteiger charge is -2.21. The van der Waals surface area contributed by atoms with E-state index in [1.165, 1.54) is 19.3 Å². The Bertz CT molecular complexity index is 316. The van der Waals surface area contributed by atoms with E-state index in [1.54, 1.807) is 0 Å². The van der Waals surface area contributed by atoms with Crippen LogP contribution < -0.4 is 5.32 Å². The van der Waals surface area contributed by atoms with Gasteiger partial charge in [0.15, 0.2) is 0 Å². The van der Waals surface area contributed by atoms with Gasteiger partial charge in [-0.15, -0.1) is 0 Å². The van der Waals surface area contributed by atoms with E-state index in [9.17, 15) is 0 Å². The smallest absolute Gasteiger partial charge is 0.0796 e. The van der Waals surface area contributed by atoms with Gasteiger partial charge in [0.05, 0.1) is 11.7 Å². The van der Waals surface area contributed by atoms with E-state index < -0.39 is 0 Å². The maximum atomic E-state index is 8.91. The van der Waals surface area contributed by atoms with Crippen LogP contribution in [0.2, 0.25) is 0 Å². The van der Waals surface area contributed by atoms with E-state index in [0.717, 1.165) is 17.9 Å². The van der Waals surface area contributed by atoms with Gasteiger partial charge in [0.2, 0.25) is 0 Å². The van der Waals surface area contributed by atoms with Crippen molar-refractivity contribution < 1.29 is 5.11 Å². The third kappa shape index (κ3) is 2.38. The molecule has 1 aromatic heterocycles. The van der Waals surface area contributed by atoms with E-state index in [-0.39, 0.29) is 6.61 Å². The van der Waals surface area contributed by atoms with Gasteiger partial charge in [-0.2, -0.15) is 5.10 Å². The highest BCUT2D eigenvalue weighted by Gasteiger charge is 2.18. The minimum atomic E-state index is 0.192. The van der Waals surface area contributed by atoms with Gasteiger partial charge in [-0.25, -0.2) is 0 Å². The number of aromatic nitrogens is 2. The van der Waals surface area contributed by atoms with Crippen LogP contribution in [-0.2, 0) is 13.5 Å². The summed E-state index contributed by atoms with van der Waals surface area (Å²) in [5.41, 5.74) is 2.24. The molecule has 0 spiro atoms. The molecule has 1 aliphatic rings. The summed E-state index contributed by atoms with van der Waals surface area (Å²) < 4.78 is 1.88. The van der Waals surface area contributed by atoms with Gasteiger partial charge in [-0.3, -0.25) is 4.68 Å². The quantitative estimate of drug-likeness (QED) is 0.773. The molecule has 4 nitrogen and oxygen atoms in total. The Kier molecular flexibility index (Phi) is 3.38. The highest BCUT2D eigenvalue weighted by molar-refractivity contribution is 5.14. The molecule has 0 bridgehead atoms. The summed E-state index contributed by atoms with van der Waals surface area (Å²) in [6.07, 6.45) is 4.42. The first kappa shape index (κ1) is 10.6. The van der Waals surface area contributed by atoms with E-state index in [4.69, 9.17) is 5.11 Å². The Morgan fingerprint density at radius 3 is 3.13 bits per heavy atom. The molecule has 1 atom stereocenters. The van der Waals surface area contributed by atoms with Crippen LogP contribution in [0.3, 0.4) is 0 Å². The molecule has 0 amide bonds. The largest absolute Gasteiger partial charge is 0.396 e. The SMILES string of the molecule is Cn1nc([C@H]2CCCCN2)cc1CCO. The van der Waals surface area contributed by atoms with Gasteiger partial charge in [0.1, 0.15) is 0 Å². The van der Waals surface area contributed by atoms with Gasteiger partial charge in [-0.05, 0) is 25.5 Å². The minimum absolute atomic E-state index is 0.192. The Hall–Kier alpha value is -0.870. The van der Waals surface area contributed by atoms with E-state index in [2.05, 4.69) is 16.5 Å². The molecule has 1 aromatic rings. The van der Waals surface area contributed by atoms with Gasteiger partial charge in [-0.1, -0.05) is 6.42 Å². The predicted octanol–water partition coefficient (Wildman–Crippen LogP) is 0.769. The molecule has 2 N–H and O–H groups in total. The second kappa shape index (κ2) is 4.77. The first-order valence-corrected chi connectivity index (χ1v) is 5.68. The molecule has 1 aliphatic heterocycles. The maximum Gasteiger partial charge on any atom is 0.0796 e. The number of piperidine rings is 1. The van der Waals surface area contributed by atoms with Crippen LogP contribution in [0, 0.1) is 0 Å². The van der Waals surface area contributed by atoms with Crippen molar-refractivity contribution >= 4 is 0 Å². The zero-order chi connectivity index (χ0) is 10.7. The fourth-order valence-corrected chi connectivity index (χ4v) is 2.15. The Morgan fingerprint density at radius 2 is 2.47 bits per heavy atom. The first-order valence-electron chi connectivity index (χ1n) is 5.68. The van der Waals surface area contributed by atoms with Gasteiger partial charge < -0.3 is 10.4 Å². The summed E-state index contributed by atoms with van der Waals surface area (Å²) in [4.78, 5) is 0. The van der Waals surface area contributed by atoms with Crippen LogP contribution in [0.5, 0.6) is 0 Å². The topological polar surface area (TPSA) is 50.1 Å². The Balaban J connectivity index is 2.10. The van der Waals surface area contributed by atoms with Crippen molar-refractivity contribution in [2.75, 3.05) is 13.2 Å². The second-order valence-corrected chi connectivity index (χ2v) is 4.16. The van der Waals surface area contributed by atoms with E-state index in [1.807, 2.05) is 11.7 Å². The molecule has 0 aromatic carbocycles. The number of aryl methyl sites for hydroxylation is 1. The summed E-state index contributed by atoms with van der Waals surface area (Å²) in [5.74, 6) is 0. The Labute approximate surface area is 90.3 Å². The number of hydrogen-bond donors (Lipinski definition) is 2. The van der Waals surface area contributed by atoms with Crippen LogP contribution in [0.25, 0.3) is 0 Å². The summed E-state index contributed by atoms with van der Waals surface area (Å²) >= 11 is 0. The molecule has 1 fully saturated rings. The molecule has 4 heteroatoms. The van der Waals surface area contributed by atoms with Crippen molar-refractivity contribution in [1.82, 2.24) is 15.1 Å².